The molecule has 3 nitrogen and oxygen atoms in total. The number of nitrogens with zero attached hydrogens (tertiary/aromatic N) is 1. The van der Waals surface area contributed by atoms with Crippen LogP contribution in [0.2, 0.25) is 5.02 Å². The van der Waals surface area contributed by atoms with E-state index in [-0.39, 0.29) is 16.8 Å². The number of carbonyl (C=O) groups is 1. The smallest absolute Gasteiger partial charge is 0.232 e. The zero-order valence-corrected chi connectivity index (χ0v) is 10.9. The molecule has 0 spiro atoms. The van der Waals surface area contributed by atoms with Crippen LogP contribution in [-0.2, 0) is 9.53 Å². The molecule has 1 aliphatic heterocycles. The molecule has 0 aromatic heterocycles. The lowest BCUT2D eigenvalue weighted by Gasteiger charge is -2.24. The maximum absolute atomic E-state index is 13.4. The summed E-state index contributed by atoms with van der Waals surface area (Å²) < 4.78 is 18.6. The van der Waals surface area contributed by atoms with Gasteiger partial charge in [-0.2, -0.15) is 0 Å². The highest BCUT2D eigenvalue weighted by Gasteiger charge is 2.28. The Bertz CT molecular complexity index is 447. The van der Waals surface area contributed by atoms with Gasteiger partial charge in [-0.3, -0.25) is 4.79 Å². The Hall–Kier alpha value is -1.13. The summed E-state index contributed by atoms with van der Waals surface area (Å²) in [5, 5.41) is 0.0615. The van der Waals surface area contributed by atoms with Gasteiger partial charge in [0.25, 0.3) is 0 Å². The molecule has 1 aromatic rings. The van der Waals surface area contributed by atoms with E-state index in [4.69, 9.17) is 16.3 Å². The minimum Gasteiger partial charge on any atom is -0.381 e. The van der Waals surface area contributed by atoms with E-state index in [0.29, 0.717) is 25.4 Å². The van der Waals surface area contributed by atoms with E-state index in [1.165, 1.54) is 12.1 Å². The molecule has 18 heavy (non-hydrogen) atoms. The van der Waals surface area contributed by atoms with Gasteiger partial charge in [-0.25, -0.2) is 4.39 Å². The lowest BCUT2D eigenvalue weighted by atomic mass is 10.1. The van der Waals surface area contributed by atoms with E-state index < -0.39 is 5.82 Å². The molecule has 1 aliphatic rings. The average molecular weight is 272 g/mol. The SMILES string of the molecule is CCN(C(=O)[C@@H]1CCOC1)c1ccc(Cl)c(F)c1. The number of halogens is 2. The van der Waals surface area contributed by atoms with Gasteiger partial charge in [-0.05, 0) is 31.5 Å². The summed E-state index contributed by atoms with van der Waals surface area (Å²) in [6, 6.07) is 4.41. The molecule has 5 heteroatoms. The quantitative estimate of drug-likeness (QED) is 0.846. The Morgan fingerprint density at radius 1 is 1.61 bits per heavy atom. The zero-order valence-electron chi connectivity index (χ0n) is 10.2. The van der Waals surface area contributed by atoms with Crippen LogP contribution in [-0.4, -0.2) is 25.7 Å². The van der Waals surface area contributed by atoms with Crippen LogP contribution in [0.1, 0.15) is 13.3 Å². The molecule has 1 atom stereocenters. The molecule has 98 valence electrons. The van der Waals surface area contributed by atoms with Crippen molar-refractivity contribution in [2.45, 2.75) is 13.3 Å². The molecular weight excluding hydrogens is 257 g/mol. The third kappa shape index (κ3) is 2.65. The molecule has 0 unspecified atom stereocenters. The molecule has 0 radical (unpaired) electrons. The van der Waals surface area contributed by atoms with Crippen LogP contribution >= 0.6 is 11.6 Å². The third-order valence-electron chi connectivity index (χ3n) is 3.08. The van der Waals surface area contributed by atoms with Crippen LogP contribution in [0.3, 0.4) is 0 Å². The second kappa shape index (κ2) is 5.67. The van der Waals surface area contributed by atoms with Crippen molar-refractivity contribution >= 4 is 23.2 Å². The van der Waals surface area contributed by atoms with E-state index in [1.807, 2.05) is 6.92 Å². The van der Waals surface area contributed by atoms with E-state index in [2.05, 4.69) is 0 Å². The average Bonchev–Trinajstić information content (AvgIpc) is 2.88. The zero-order chi connectivity index (χ0) is 13.1. The fourth-order valence-corrected chi connectivity index (χ4v) is 2.19. The molecule has 1 aromatic carbocycles. The molecule has 1 fully saturated rings. The van der Waals surface area contributed by atoms with Gasteiger partial charge >= 0.3 is 0 Å². The predicted octanol–water partition coefficient (Wildman–Crippen LogP) is 2.87. The molecule has 2 rings (SSSR count). The van der Waals surface area contributed by atoms with Gasteiger partial charge in [0.2, 0.25) is 5.91 Å². The van der Waals surface area contributed by atoms with E-state index in [9.17, 15) is 9.18 Å². The summed E-state index contributed by atoms with van der Waals surface area (Å²) in [7, 11) is 0. The minimum absolute atomic E-state index is 0.0169. The van der Waals surface area contributed by atoms with Crippen molar-refractivity contribution in [2.24, 2.45) is 5.92 Å². The summed E-state index contributed by atoms with van der Waals surface area (Å²) >= 11 is 5.64. The Labute approximate surface area is 110 Å². The first-order chi connectivity index (χ1) is 8.63. The number of hydrogen-bond donors (Lipinski definition) is 0. The van der Waals surface area contributed by atoms with Crippen molar-refractivity contribution < 1.29 is 13.9 Å². The van der Waals surface area contributed by atoms with Crippen molar-refractivity contribution in [1.29, 1.82) is 0 Å². The van der Waals surface area contributed by atoms with Gasteiger partial charge < -0.3 is 9.64 Å². The van der Waals surface area contributed by atoms with E-state index in [1.54, 1.807) is 11.0 Å². The minimum atomic E-state index is -0.511. The standard InChI is InChI=1S/C13H15ClFNO2/c1-2-16(13(17)9-5-6-18-8-9)10-3-4-11(14)12(15)7-10/h3-4,7,9H,2,5-6,8H2,1H3/t9-/m1/s1. The molecule has 0 bridgehead atoms. The number of hydrogen-bond acceptors (Lipinski definition) is 2. The van der Waals surface area contributed by atoms with Gasteiger partial charge in [0.1, 0.15) is 5.82 Å². The number of ether oxygens (including phenoxy) is 1. The molecule has 1 saturated heterocycles. The first-order valence-electron chi connectivity index (χ1n) is 5.97. The summed E-state index contributed by atoms with van der Waals surface area (Å²) in [4.78, 5) is 13.8. The second-order valence-electron chi connectivity index (χ2n) is 4.24. The van der Waals surface area contributed by atoms with Gasteiger partial charge in [0, 0.05) is 18.8 Å². The molecule has 0 saturated carbocycles. The lowest BCUT2D eigenvalue weighted by Crippen LogP contribution is -2.36. The summed E-state index contributed by atoms with van der Waals surface area (Å²) in [5.41, 5.74) is 0.538. The highest BCUT2D eigenvalue weighted by Crippen LogP contribution is 2.25. The largest absolute Gasteiger partial charge is 0.381 e. The van der Waals surface area contributed by atoms with Crippen LogP contribution in [0.25, 0.3) is 0 Å². The van der Waals surface area contributed by atoms with Crippen molar-refractivity contribution in [2.75, 3.05) is 24.7 Å². The summed E-state index contributed by atoms with van der Waals surface area (Å²) in [6.45, 7) is 3.42. The maximum Gasteiger partial charge on any atom is 0.232 e. The Balaban J connectivity index is 2.21. The number of amides is 1. The lowest BCUT2D eigenvalue weighted by molar-refractivity contribution is -0.122. The highest BCUT2D eigenvalue weighted by molar-refractivity contribution is 6.30. The third-order valence-corrected chi connectivity index (χ3v) is 3.38. The predicted molar refractivity (Wildman–Crippen MR) is 68.4 cm³/mol. The molecule has 0 N–H and O–H groups in total. The van der Waals surface area contributed by atoms with Gasteiger partial charge in [0.05, 0.1) is 17.5 Å². The molecular formula is C13H15ClFNO2. The van der Waals surface area contributed by atoms with Gasteiger partial charge in [-0.15, -0.1) is 0 Å². The molecule has 1 heterocycles. The van der Waals surface area contributed by atoms with E-state index in [0.717, 1.165) is 6.42 Å². The van der Waals surface area contributed by atoms with Crippen LogP contribution in [0.4, 0.5) is 10.1 Å². The normalized spacial score (nSPS) is 18.9. The maximum atomic E-state index is 13.4. The first-order valence-corrected chi connectivity index (χ1v) is 6.35. The second-order valence-corrected chi connectivity index (χ2v) is 4.65. The highest BCUT2D eigenvalue weighted by atomic mass is 35.5. The fourth-order valence-electron chi connectivity index (χ4n) is 2.07. The summed E-state index contributed by atoms with van der Waals surface area (Å²) in [6.07, 6.45) is 0.728. The Morgan fingerprint density at radius 2 is 2.39 bits per heavy atom. The monoisotopic (exact) mass is 271 g/mol. The number of rotatable bonds is 3. The van der Waals surface area contributed by atoms with Gasteiger partial charge in [-0.1, -0.05) is 11.6 Å². The van der Waals surface area contributed by atoms with Crippen molar-refractivity contribution in [1.82, 2.24) is 0 Å². The van der Waals surface area contributed by atoms with Crippen LogP contribution < -0.4 is 4.90 Å². The number of anilines is 1. The molecule has 0 aliphatic carbocycles. The van der Waals surface area contributed by atoms with E-state index >= 15 is 0 Å². The fraction of sp³-hybridized carbons (Fsp3) is 0.462. The van der Waals surface area contributed by atoms with Gasteiger partial charge in [0.15, 0.2) is 0 Å². The van der Waals surface area contributed by atoms with Crippen molar-refractivity contribution in [3.05, 3.63) is 29.0 Å². The number of benzene rings is 1. The molecule has 1 amide bonds. The van der Waals surface area contributed by atoms with Crippen LogP contribution in [0.5, 0.6) is 0 Å². The summed E-state index contributed by atoms with van der Waals surface area (Å²) in [5.74, 6) is -0.650. The Kier molecular flexibility index (Phi) is 4.19. The topological polar surface area (TPSA) is 29.5 Å². The van der Waals surface area contributed by atoms with Crippen LogP contribution in [0.15, 0.2) is 18.2 Å². The number of carbonyl (C=O) groups excluding carboxylic acids is 1. The Morgan fingerprint density at radius 3 is 2.94 bits per heavy atom. The first kappa shape index (κ1) is 13.3. The van der Waals surface area contributed by atoms with Crippen LogP contribution in [0, 0.1) is 11.7 Å². The van der Waals surface area contributed by atoms with Crippen molar-refractivity contribution in [3.63, 3.8) is 0 Å². The van der Waals surface area contributed by atoms with Crippen molar-refractivity contribution in [3.8, 4) is 0 Å².